The summed E-state index contributed by atoms with van der Waals surface area (Å²) in [5.41, 5.74) is 0.361. The Hall–Kier alpha value is -1.99. The number of thiazole rings is 1. The Labute approximate surface area is 110 Å². The van der Waals surface area contributed by atoms with Crippen molar-refractivity contribution in [1.29, 1.82) is 0 Å². The largest absolute Gasteiger partial charge is 0.345 e. The van der Waals surface area contributed by atoms with Crippen LogP contribution in [0.15, 0.2) is 30.5 Å². The molecule has 0 spiro atoms. The van der Waals surface area contributed by atoms with Gasteiger partial charge in [-0.1, -0.05) is 17.7 Å². The number of nitrogens with zero attached hydrogens (tertiary/aromatic N) is 2. The fourth-order valence-corrected chi connectivity index (χ4v) is 2.02. The number of halogens is 1. The first-order chi connectivity index (χ1) is 8.56. The lowest BCUT2D eigenvalue weighted by Crippen LogP contribution is -2.11. The van der Waals surface area contributed by atoms with Gasteiger partial charge in [0.15, 0.2) is 5.13 Å². The fourth-order valence-electron chi connectivity index (χ4n) is 1.21. The molecule has 8 heteroatoms. The van der Waals surface area contributed by atoms with Gasteiger partial charge in [-0.3, -0.25) is 20.2 Å². The Morgan fingerprint density at radius 3 is 2.89 bits per heavy atom. The number of nitro groups is 1. The fraction of sp³-hybridized carbons (Fsp3) is 0. The second-order valence-electron chi connectivity index (χ2n) is 3.23. The van der Waals surface area contributed by atoms with Crippen LogP contribution in [0.3, 0.4) is 0 Å². The first-order valence-corrected chi connectivity index (χ1v) is 5.93. The molecule has 1 heterocycles. The van der Waals surface area contributed by atoms with E-state index in [-0.39, 0.29) is 10.1 Å². The van der Waals surface area contributed by atoms with Gasteiger partial charge in [-0.15, -0.1) is 0 Å². The van der Waals surface area contributed by atoms with Crippen molar-refractivity contribution in [3.8, 4) is 0 Å². The average molecular weight is 284 g/mol. The highest BCUT2D eigenvalue weighted by molar-refractivity contribution is 7.18. The second kappa shape index (κ2) is 5.11. The van der Waals surface area contributed by atoms with Crippen LogP contribution in [0.25, 0.3) is 0 Å². The van der Waals surface area contributed by atoms with E-state index in [4.69, 9.17) is 11.6 Å². The van der Waals surface area contributed by atoms with Gasteiger partial charge in [-0.05, 0) is 29.5 Å². The number of aromatic nitrogens is 1. The lowest BCUT2D eigenvalue weighted by molar-refractivity contribution is -0.380. The van der Waals surface area contributed by atoms with E-state index in [2.05, 4.69) is 10.3 Å². The second-order valence-corrected chi connectivity index (χ2v) is 4.67. The van der Waals surface area contributed by atoms with E-state index in [0.717, 1.165) is 17.5 Å². The van der Waals surface area contributed by atoms with Crippen molar-refractivity contribution in [2.45, 2.75) is 0 Å². The number of hydrogen-bond donors (Lipinski definition) is 1. The Morgan fingerprint density at radius 2 is 2.28 bits per heavy atom. The van der Waals surface area contributed by atoms with E-state index < -0.39 is 10.8 Å². The molecule has 0 radical (unpaired) electrons. The number of hydrogen-bond acceptors (Lipinski definition) is 5. The summed E-state index contributed by atoms with van der Waals surface area (Å²) in [7, 11) is 0. The SMILES string of the molecule is O=C(Nc1ncc([N+](=O)[O-])s1)c1cccc(Cl)c1. The van der Waals surface area contributed by atoms with Crippen molar-refractivity contribution in [2.24, 2.45) is 0 Å². The molecule has 0 aliphatic heterocycles. The number of carbonyl (C=O) groups is 1. The number of anilines is 1. The van der Waals surface area contributed by atoms with Crippen LogP contribution < -0.4 is 5.32 Å². The third kappa shape index (κ3) is 2.82. The van der Waals surface area contributed by atoms with Crippen LogP contribution in [0.2, 0.25) is 5.02 Å². The molecule has 6 nitrogen and oxygen atoms in total. The highest BCUT2D eigenvalue weighted by atomic mass is 35.5. The summed E-state index contributed by atoms with van der Waals surface area (Å²) < 4.78 is 0. The summed E-state index contributed by atoms with van der Waals surface area (Å²) in [4.78, 5) is 25.4. The minimum absolute atomic E-state index is 0.128. The van der Waals surface area contributed by atoms with Crippen LogP contribution >= 0.6 is 22.9 Å². The molecule has 0 unspecified atom stereocenters. The van der Waals surface area contributed by atoms with Gasteiger partial charge < -0.3 is 0 Å². The zero-order valence-corrected chi connectivity index (χ0v) is 10.4. The number of benzene rings is 1. The van der Waals surface area contributed by atoms with Gasteiger partial charge in [-0.25, -0.2) is 4.98 Å². The molecule has 2 aromatic rings. The van der Waals surface area contributed by atoms with E-state index in [1.807, 2.05) is 0 Å². The zero-order valence-electron chi connectivity index (χ0n) is 8.79. The van der Waals surface area contributed by atoms with E-state index in [9.17, 15) is 14.9 Å². The molecule has 1 amide bonds. The predicted molar refractivity (Wildman–Crippen MR) is 68.2 cm³/mol. The van der Waals surface area contributed by atoms with E-state index in [1.165, 1.54) is 6.07 Å². The van der Waals surface area contributed by atoms with Crippen molar-refractivity contribution in [3.05, 3.63) is 51.2 Å². The molecular formula is C10H6ClN3O3S. The van der Waals surface area contributed by atoms with Crippen LogP contribution in [0, 0.1) is 10.1 Å². The predicted octanol–water partition coefficient (Wildman–Crippen LogP) is 2.96. The summed E-state index contributed by atoms with van der Waals surface area (Å²) in [6, 6.07) is 6.37. The van der Waals surface area contributed by atoms with Gasteiger partial charge in [0.1, 0.15) is 6.20 Å². The molecule has 0 aliphatic rings. The van der Waals surface area contributed by atoms with Crippen LogP contribution in [0.5, 0.6) is 0 Å². The van der Waals surface area contributed by atoms with E-state index >= 15 is 0 Å². The Kier molecular flexibility index (Phi) is 3.54. The van der Waals surface area contributed by atoms with Crippen LogP contribution in [0.4, 0.5) is 10.1 Å². The van der Waals surface area contributed by atoms with Gasteiger partial charge in [0.25, 0.3) is 5.91 Å². The zero-order chi connectivity index (χ0) is 13.1. The maximum Gasteiger partial charge on any atom is 0.345 e. The van der Waals surface area contributed by atoms with Gasteiger partial charge in [-0.2, -0.15) is 0 Å². The molecule has 0 saturated heterocycles. The molecule has 0 saturated carbocycles. The normalized spacial score (nSPS) is 10.1. The highest BCUT2D eigenvalue weighted by Crippen LogP contribution is 2.25. The van der Waals surface area contributed by atoms with Crippen molar-refractivity contribution in [1.82, 2.24) is 4.98 Å². The molecular weight excluding hydrogens is 278 g/mol. The molecule has 0 fully saturated rings. The Bertz CT molecular complexity index is 614. The maximum atomic E-state index is 11.8. The number of carbonyl (C=O) groups excluding carboxylic acids is 1. The highest BCUT2D eigenvalue weighted by Gasteiger charge is 2.14. The van der Waals surface area contributed by atoms with E-state index in [1.54, 1.807) is 18.2 Å². The summed E-state index contributed by atoms with van der Waals surface area (Å²) in [6.45, 7) is 0. The maximum absolute atomic E-state index is 11.8. The summed E-state index contributed by atoms with van der Waals surface area (Å²) >= 11 is 6.55. The van der Waals surface area contributed by atoms with Crippen molar-refractivity contribution in [2.75, 3.05) is 5.32 Å². The Balaban J connectivity index is 2.13. The lowest BCUT2D eigenvalue weighted by atomic mass is 10.2. The quantitative estimate of drug-likeness (QED) is 0.693. The number of amides is 1. The monoisotopic (exact) mass is 283 g/mol. The summed E-state index contributed by atoms with van der Waals surface area (Å²) in [5, 5.41) is 13.4. The van der Waals surface area contributed by atoms with Gasteiger partial charge in [0.05, 0.1) is 4.92 Å². The van der Waals surface area contributed by atoms with Crippen LogP contribution in [-0.4, -0.2) is 15.8 Å². The van der Waals surface area contributed by atoms with Crippen LogP contribution in [-0.2, 0) is 0 Å². The lowest BCUT2D eigenvalue weighted by Gasteiger charge is -2.01. The molecule has 1 N–H and O–H groups in total. The third-order valence-electron chi connectivity index (χ3n) is 1.98. The molecule has 0 bridgehead atoms. The standard InChI is InChI=1S/C10H6ClN3O3S/c11-7-3-1-2-6(4-7)9(15)13-10-12-5-8(18-10)14(16)17/h1-5H,(H,12,13,15). The van der Waals surface area contributed by atoms with Crippen molar-refractivity contribution < 1.29 is 9.72 Å². The topological polar surface area (TPSA) is 85.1 Å². The summed E-state index contributed by atoms with van der Waals surface area (Å²) in [6.07, 6.45) is 1.10. The van der Waals surface area contributed by atoms with Gasteiger partial charge >= 0.3 is 5.00 Å². The summed E-state index contributed by atoms with van der Waals surface area (Å²) in [5.74, 6) is -0.415. The molecule has 92 valence electrons. The van der Waals surface area contributed by atoms with Crippen LogP contribution in [0.1, 0.15) is 10.4 Å². The average Bonchev–Trinajstić information content (AvgIpc) is 2.77. The molecule has 0 atom stereocenters. The smallest absolute Gasteiger partial charge is 0.298 e. The number of rotatable bonds is 3. The molecule has 1 aromatic heterocycles. The minimum Gasteiger partial charge on any atom is -0.298 e. The molecule has 18 heavy (non-hydrogen) atoms. The Morgan fingerprint density at radius 1 is 1.50 bits per heavy atom. The first kappa shape index (κ1) is 12.5. The number of nitrogens with one attached hydrogen (secondary N) is 1. The molecule has 0 aliphatic carbocycles. The van der Waals surface area contributed by atoms with E-state index in [0.29, 0.717) is 10.6 Å². The van der Waals surface area contributed by atoms with Gasteiger partial charge in [0, 0.05) is 10.6 Å². The molecule has 1 aromatic carbocycles. The minimum atomic E-state index is -0.563. The van der Waals surface area contributed by atoms with Gasteiger partial charge in [0.2, 0.25) is 0 Å². The van der Waals surface area contributed by atoms with Crippen molar-refractivity contribution >= 4 is 39.0 Å². The van der Waals surface area contributed by atoms with Crippen molar-refractivity contribution in [3.63, 3.8) is 0 Å². The first-order valence-electron chi connectivity index (χ1n) is 4.73. The molecule has 2 rings (SSSR count). The third-order valence-corrected chi connectivity index (χ3v) is 3.08.